The van der Waals surface area contributed by atoms with E-state index in [1.54, 1.807) is 37.4 Å². The van der Waals surface area contributed by atoms with Crippen LogP contribution in [0.4, 0.5) is 5.69 Å². The number of hydrogen-bond acceptors (Lipinski definition) is 6. The molecule has 0 saturated heterocycles. The number of amides is 2. The van der Waals surface area contributed by atoms with E-state index in [2.05, 4.69) is 5.32 Å². The number of nitrogens with zero attached hydrogens (tertiary/aromatic N) is 1. The fourth-order valence-corrected chi connectivity index (χ4v) is 2.99. The summed E-state index contributed by atoms with van der Waals surface area (Å²) in [5.41, 5.74) is 1.51. The Morgan fingerprint density at radius 2 is 1.90 bits per heavy atom. The van der Waals surface area contributed by atoms with Gasteiger partial charge in [0.05, 0.1) is 19.2 Å². The van der Waals surface area contributed by atoms with Gasteiger partial charge in [-0.05, 0) is 36.8 Å². The highest BCUT2D eigenvalue weighted by molar-refractivity contribution is 5.98. The van der Waals surface area contributed by atoms with E-state index in [1.807, 2.05) is 18.2 Å². The van der Waals surface area contributed by atoms with Crippen LogP contribution >= 0.6 is 0 Å². The minimum Gasteiger partial charge on any atom is -0.497 e. The Morgan fingerprint density at radius 1 is 1.17 bits per heavy atom. The van der Waals surface area contributed by atoms with E-state index in [0.717, 1.165) is 11.3 Å². The van der Waals surface area contributed by atoms with Crippen molar-refractivity contribution in [3.05, 3.63) is 54.1 Å². The summed E-state index contributed by atoms with van der Waals surface area (Å²) in [6.45, 7) is 1.90. The molecule has 1 atom stereocenters. The third-order valence-corrected chi connectivity index (χ3v) is 4.65. The second-order valence-corrected chi connectivity index (χ2v) is 6.75. The molecular formula is C22H24N2O6. The largest absolute Gasteiger partial charge is 0.497 e. The number of hydrogen-bond donors (Lipinski definition) is 1. The van der Waals surface area contributed by atoms with E-state index in [4.69, 9.17) is 14.2 Å². The first kappa shape index (κ1) is 21.2. The standard InChI is InChI=1S/C22H24N2O6/c1-15(22(27)23-13-16-7-9-17(28-2)10-8-16)30-21(26)11-12-24-18-5-3-4-6-19(18)29-14-20(24)25/h3-10,15H,11-14H2,1-2H3,(H,23,27)/t15-/m1/s1. The fraction of sp³-hybridized carbons (Fsp3) is 0.318. The number of ether oxygens (including phenoxy) is 3. The van der Waals surface area contributed by atoms with Crippen LogP contribution in [-0.2, 0) is 25.7 Å². The predicted molar refractivity (Wildman–Crippen MR) is 109 cm³/mol. The van der Waals surface area contributed by atoms with E-state index >= 15 is 0 Å². The van der Waals surface area contributed by atoms with Crippen molar-refractivity contribution in [3.8, 4) is 11.5 Å². The highest BCUT2D eigenvalue weighted by Crippen LogP contribution is 2.31. The lowest BCUT2D eigenvalue weighted by Gasteiger charge is -2.29. The molecule has 158 valence electrons. The van der Waals surface area contributed by atoms with Crippen molar-refractivity contribution in [1.82, 2.24) is 5.32 Å². The highest BCUT2D eigenvalue weighted by atomic mass is 16.5. The number of esters is 1. The number of para-hydroxylation sites is 2. The first-order valence-electron chi connectivity index (χ1n) is 9.60. The van der Waals surface area contributed by atoms with Gasteiger partial charge in [0.1, 0.15) is 11.5 Å². The smallest absolute Gasteiger partial charge is 0.308 e. The van der Waals surface area contributed by atoms with Crippen molar-refractivity contribution in [2.24, 2.45) is 0 Å². The molecule has 0 radical (unpaired) electrons. The van der Waals surface area contributed by atoms with Crippen LogP contribution in [0.5, 0.6) is 11.5 Å². The van der Waals surface area contributed by atoms with Crippen LogP contribution in [0, 0.1) is 0 Å². The second-order valence-electron chi connectivity index (χ2n) is 6.75. The van der Waals surface area contributed by atoms with Crippen molar-refractivity contribution in [2.75, 3.05) is 25.2 Å². The summed E-state index contributed by atoms with van der Waals surface area (Å²) in [7, 11) is 1.58. The van der Waals surface area contributed by atoms with Gasteiger partial charge in [-0.1, -0.05) is 24.3 Å². The van der Waals surface area contributed by atoms with E-state index in [1.165, 1.54) is 11.8 Å². The zero-order chi connectivity index (χ0) is 21.5. The van der Waals surface area contributed by atoms with E-state index in [0.29, 0.717) is 18.0 Å². The molecule has 3 rings (SSSR count). The topological polar surface area (TPSA) is 94.2 Å². The molecule has 0 saturated carbocycles. The maximum Gasteiger partial charge on any atom is 0.308 e. The number of carbonyl (C=O) groups excluding carboxylic acids is 3. The van der Waals surface area contributed by atoms with Crippen LogP contribution in [0.15, 0.2) is 48.5 Å². The highest BCUT2D eigenvalue weighted by Gasteiger charge is 2.26. The van der Waals surface area contributed by atoms with Gasteiger partial charge in [-0.2, -0.15) is 0 Å². The number of nitrogens with one attached hydrogen (secondary N) is 1. The lowest BCUT2D eigenvalue weighted by molar-refractivity contribution is -0.154. The van der Waals surface area contributed by atoms with Gasteiger partial charge in [0.15, 0.2) is 12.7 Å². The maximum absolute atomic E-state index is 12.2. The number of anilines is 1. The molecule has 8 heteroatoms. The lowest BCUT2D eigenvalue weighted by Crippen LogP contribution is -2.41. The minimum atomic E-state index is -0.941. The van der Waals surface area contributed by atoms with Gasteiger partial charge in [0.2, 0.25) is 0 Å². The van der Waals surface area contributed by atoms with Crippen LogP contribution in [-0.4, -0.2) is 44.1 Å². The zero-order valence-corrected chi connectivity index (χ0v) is 16.9. The van der Waals surface area contributed by atoms with Gasteiger partial charge in [0, 0.05) is 13.1 Å². The Labute approximate surface area is 174 Å². The summed E-state index contributed by atoms with van der Waals surface area (Å²) in [4.78, 5) is 38.0. The quantitative estimate of drug-likeness (QED) is 0.667. The van der Waals surface area contributed by atoms with Gasteiger partial charge < -0.3 is 24.4 Å². The average Bonchev–Trinajstić information content (AvgIpc) is 2.77. The fourth-order valence-electron chi connectivity index (χ4n) is 2.99. The summed E-state index contributed by atoms with van der Waals surface area (Å²) in [5, 5.41) is 2.73. The Kier molecular flexibility index (Phi) is 6.90. The summed E-state index contributed by atoms with van der Waals surface area (Å²) < 4.78 is 15.7. The van der Waals surface area contributed by atoms with Gasteiger partial charge >= 0.3 is 5.97 Å². The summed E-state index contributed by atoms with van der Waals surface area (Å²) in [6.07, 6.45) is -0.973. The maximum atomic E-state index is 12.2. The summed E-state index contributed by atoms with van der Waals surface area (Å²) >= 11 is 0. The normalized spacial score (nSPS) is 13.7. The number of rotatable bonds is 8. The Balaban J connectivity index is 1.46. The molecule has 0 bridgehead atoms. The van der Waals surface area contributed by atoms with Gasteiger partial charge in [-0.25, -0.2) is 0 Å². The lowest BCUT2D eigenvalue weighted by atomic mass is 10.2. The zero-order valence-electron chi connectivity index (χ0n) is 16.9. The van der Waals surface area contributed by atoms with Crippen molar-refractivity contribution >= 4 is 23.5 Å². The van der Waals surface area contributed by atoms with E-state index in [9.17, 15) is 14.4 Å². The Bertz CT molecular complexity index is 912. The minimum absolute atomic E-state index is 0.0316. The molecule has 2 amide bonds. The average molecular weight is 412 g/mol. The summed E-state index contributed by atoms with van der Waals surface area (Å²) in [6, 6.07) is 14.4. The molecule has 1 aliphatic rings. The first-order chi connectivity index (χ1) is 14.5. The molecule has 0 fully saturated rings. The molecule has 1 heterocycles. The van der Waals surface area contributed by atoms with Gasteiger partial charge in [-0.3, -0.25) is 14.4 Å². The molecule has 1 N–H and O–H groups in total. The van der Waals surface area contributed by atoms with Gasteiger partial charge in [-0.15, -0.1) is 0 Å². The second kappa shape index (κ2) is 9.78. The predicted octanol–water partition coefficient (Wildman–Crippen LogP) is 2.06. The molecule has 8 nitrogen and oxygen atoms in total. The van der Waals surface area contributed by atoms with Crippen molar-refractivity contribution in [3.63, 3.8) is 0 Å². The third-order valence-electron chi connectivity index (χ3n) is 4.65. The number of benzene rings is 2. The molecule has 30 heavy (non-hydrogen) atoms. The van der Waals surface area contributed by atoms with Crippen LogP contribution in [0.1, 0.15) is 18.9 Å². The summed E-state index contributed by atoms with van der Waals surface area (Å²) in [5.74, 6) is 0.142. The Morgan fingerprint density at radius 3 is 2.63 bits per heavy atom. The molecule has 0 aromatic heterocycles. The monoisotopic (exact) mass is 412 g/mol. The number of carbonyl (C=O) groups is 3. The van der Waals surface area contributed by atoms with E-state index in [-0.39, 0.29) is 25.5 Å². The molecular weight excluding hydrogens is 388 g/mol. The van der Waals surface area contributed by atoms with Crippen molar-refractivity contribution < 1.29 is 28.6 Å². The van der Waals surface area contributed by atoms with Crippen LogP contribution < -0.4 is 19.7 Å². The number of methoxy groups -OCH3 is 1. The molecule has 2 aromatic carbocycles. The number of fused-ring (bicyclic) bond motifs is 1. The molecule has 2 aromatic rings. The SMILES string of the molecule is COc1ccc(CNC(=O)[C@@H](C)OC(=O)CCN2C(=O)COc3ccccc32)cc1. The first-order valence-corrected chi connectivity index (χ1v) is 9.60. The Hall–Kier alpha value is -3.55. The van der Waals surface area contributed by atoms with Crippen molar-refractivity contribution in [2.45, 2.75) is 26.0 Å². The van der Waals surface area contributed by atoms with Gasteiger partial charge in [0.25, 0.3) is 11.8 Å². The van der Waals surface area contributed by atoms with E-state index < -0.39 is 18.0 Å². The van der Waals surface area contributed by atoms with Crippen molar-refractivity contribution in [1.29, 1.82) is 0 Å². The van der Waals surface area contributed by atoms with Crippen LogP contribution in [0.25, 0.3) is 0 Å². The molecule has 1 aliphatic heterocycles. The van der Waals surface area contributed by atoms with Crippen LogP contribution in [0.3, 0.4) is 0 Å². The molecule has 0 unspecified atom stereocenters. The third kappa shape index (κ3) is 5.28. The molecule has 0 aliphatic carbocycles. The van der Waals surface area contributed by atoms with Crippen LogP contribution in [0.2, 0.25) is 0 Å². The molecule has 0 spiro atoms.